The molecule has 0 aliphatic heterocycles. The number of rotatable bonds is 4. The van der Waals surface area contributed by atoms with Crippen LogP contribution in [0.5, 0.6) is 0 Å². The van der Waals surface area contributed by atoms with E-state index < -0.39 is 0 Å². The molecule has 1 N–H and O–H groups in total. The molecule has 0 aromatic heterocycles. The van der Waals surface area contributed by atoms with Gasteiger partial charge in [-0.05, 0) is 13.0 Å². The zero-order chi connectivity index (χ0) is 7.98. The standard InChI is InChI=1S/C8H16IN/c1-7(2)8(6-9)4-5-10-3/h4,7,10H,5-6H2,1-3H3/b8-4+. The maximum absolute atomic E-state index is 3.11. The van der Waals surface area contributed by atoms with E-state index in [-0.39, 0.29) is 0 Å². The second kappa shape index (κ2) is 6.16. The Balaban J connectivity index is 3.79. The highest BCUT2D eigenvalue weighted by atomic mass is 127. The van der Waals surface area contributed by atoms with E-state index in [2.05, 4.69) is 47.8 Å². The summed E-state index contributed by atoms with van der Waals surface area (Å²) in [7, 11) is 1.97. The fourth-order valence-corrected chi connectivity index (χ4v) is 1.87. The van der Waals surface area contributed by atoms with Crippen LogP contribution >= 0.6 is 22.6 Å². The van der Waals surface area contributed by atoms with Gasteiger partial charge in [-0.25, -0.2) is 0 Å². The Kier molecular flexibility index (Phi) is 6.43. The number of alkyl halides is 1. The Labute approximate surface area is 77.4 Å². The average molecular weight is 253 g/mol. The van der Waals surface area contributed by atoms with E-state index in [1.165, 1.54) is 5.57 Å². The molecule has 0 aromatic carbocycles. The molecule has 0 fully saturated rings. The van der Waals surface area contributed by atoms with Crippen molar-refractivity contribution in [3.05, 3.63) is 11.6 Å². The number of hydrogen-bond acceptors (Lipinski definition) is 1. The minimum Gasteiger partial charge on any atom is -0.316 e. The number of hydrogen-bond donors (Lipinski definition) is 1. The highest BCUT2D eigenvalue weighted by molar-refractivity contribution is 14.1. The van der Waals surface area contributed by atoms with Gasteiger partial charge < -0.3 is 5.32 Å². The highest BCUT2D eigenvalue weighted by Gasteiger charge is 1.98. The Bertz CT molecular complexity index is 108. The molecular formula is C8H16IN. The third-order valence-electron chi connectivity index (χ3n) is 1.46. The highest BCUT2D eigenvalue weighted by Crippen LogP contribution is 2.11. The Morgan fingerprint density at radius 1 is 1.60 bits per heavy atom. The lowest BCUT2D eigenvalue weighted by molar-refractivity contribution is 0.764. The van der Waals surface area contributed by atoms with Crippen molar-refractivity contribution in [2.24, 2.45) is 5.92 Å². The van der Waals surface area contributed by atoms with Gasteiger partial charge in [-0.2, -0.15) is 0 Å². The SMILES string of the molecule is CNC/C=C(\CI)C(C)C. The first kappa shape index (κ1) is 10.4. The molecule has 0 atom stereocenters. The summed E-state index contributed by atoms with van der Waals surface area (Å²) in [6.07, 6.45) is 2.27. The minimum absolute atomic E-state index is 0.699. The molecule has 0 radical (unpaired) electrons. The molecule has 0 unspecified atom stereocenters. The van der Waals surface area contributed by atoms with Gasteiger partial charge in [0.1, 0.15) is 0 Å². The smallest absolute Gasteiger partial charge is 0.0208 e. The van der Waals surface area contributed by atoms with Gasteiger partial charge in [-0.1, -0.05) is 48.1 Å². The largest absolute Gasteiger partial charge is 0.316 e. The van der Waals surface area contributed by atoms with Crippen LogP contribution in [-0.4, -0.2) is 18.0 Å². The van der Waals surface area contributed by atoms with Crippen LogP contribution in [0.1, 0.15) is 13.8 Å². The van der Waals surface area contributed by atoms with Crippen molar-refractivity contribution >= 4 is 22.6 Å². The summed E-state index contributed by atoms with van der Waals surface area (Å²) >= 11 is 2.41. The van der Waals surface area contributed by atoms with Crippen molar-refractivity contribution in [3.8, 4) is 0 Å². The molecule has 60 valence electrons. The third kappa shape index (κ3) is 4.28. The molecule has 0 saturated carbocycles. The predicted molar refractivity (Wildman–Crippen MR) is 55.7 cm³/mol. The average Bonchev–Trinajstić information content (AvgIpc) is 1.89. The summed E-state index contributed by atoms with van der Waals surface area (Å²) in [5, 5.41) is 3.11. The first-order valence-corrected chi connectivity index (χ1v) is 5.14. The van der Waals surface area contributed by atoms with Crippen LogP contribution in [0.25, 0.3) is 0 Å². The topological polar surface area (TPSA) is 12.0 Å². The van der Waals surface area contributed by atoms with E-state index in [0.717, 1.165) is 11.0 Å². The Hall–Kier alpha value is 0.430. The summed E-state index contributed by atoms with van der Waals surface area (Å²) in [5.41, 5.74) is 1.54. The van der Waals surface area contributed by atoms with Crippen LogP contribution < -0.4 is 5.32 Å². The van der Waals surface area contributed by atoms with E-state index in [9.17, 15) is 0 Å². The third-order valence-corrected chi connectivity index (χ3v) is 2.35. The minimum atomic E-state index is 0.699. The van der Waals surface area contributed by atoms with Crippen LogP contribution in [-0.2, 0) is 0 Å². The van der Waals surface area contributed by atoms with Crippen molar-refractivity contribution < 1.29 is 0 Å². The summed E-state index contributed by atoms with van der Waals surface area (Å²) < 4.78 is 1.15. The lowest BCUT2D eigenvalue weighted by atomic mass is 10.1. The summed E-state index contributed by atoms with van der Waals surface area (Å²) in [4.78, 5) is 0. The van der Waals surface area contributed by atoms with Gasteiger partial charge in [0.2, 0.25) is 0 Å². The molecule has 10 heavy (non-hydrogen) atoms. The second-order valence-electron chi connectivity index (χ2n) is 2.63. The van der Waals surface area contributed by atoms with E-state index in [1.807, 2.05) is 7.05 Å². The van der Waals surface area contributed by atoms with Gasteiger partial charge >= 0.3 is 0 Å². The normalized spacial score (nSPS) is 12.7. The quantitative estimate of drug-likeness (QED) is 0.460. The van der Waals surface area contributed by atoms with Crippen LogP contribution in [0.2, 0.25) is 0 Å². The van der Waals surface area contributed by atoms with E-state index in [4.69, 9.17) is 0 Å². The molecule has 0 aliphatic carbocycles. The van der Waals surface area contributed by atoms with E-state index in [1.54, 1.807) is 0 Å². The Morgan fingerprint density at radius 2 is 2.20 bits per heavy atom. The first-order chi connectivity index (χ1) is 4.72. The van der Waals surface area contributed by atoms with Gasteiger partial charge in [0.25, 0.3) is 0 Å². The molecule has 2 heteroatoms. The van der Waals surface area contributed by atoms with Crippen LogP contribution in [0.3, 0.4) is 0 Å². The molecule has 1 nitrogen and oxygen atoms in total. The zero-order valence-corrected chi connectivity index (χ0v) is 9.10. The van der Waals surface area contributed by atoms with Crippen LogP contribution in [0.4, 0.5) is 0 Å². The maximum atomic E-state index is 3.11. The number of nitrogens with one attached hydrogen (secondary N) is 1. The predicted octanol–water partition coefficient (Wildman–Crippen LogP) is 2.22. The van der Waals surface area contributed by atoms with Crippen molar-refractivity contribution in [1.82, 2.24) is 5.32 Å². The monoisotopic (exact) mass is 253 g/mol. The van der Waals surface area contributed by atoms with Crippen LogP contribution in [0, 0.1) is 5.92 Å². The lowest BCUT2D eigenvalue weighted by Crippen LogP contribution is -2.07. The molecular weight excluding hydrogens is 237 g/mol. The number of allylic oxidation sites excluding steroid dienone is 1. The lowest BCUT2D eigenvalue weighted by Gasteiger charge is -2.06. The summed E-state index contributed by atoms with van der Waals surface area (Å²) in [6.45, 7) is 5.47. The molecule has 0 spiro atoms. The molecule has 0 amide bonds. The number of likely N-dealkylation sites (N-methyl/N-ethyl adjacent to an activating group) is 1. The molecule has 0 rings (SSSR count). The van der Waals surface area contributed by atoms with Gasteiger partial charge in [-0.15, -0.1) is 0 Å². The van der Waals surface area contributed by atoms with Crippen molar-refractivity contribution in [2.75, 3.05) is 18.0 Å². The van der Waals surface area contributed by atoms with Gasteiger partial charge in [-0.3, -0.25) is 0 Å². The van der Waals surface area contributed by atoms with Gasteiger partial charge in [0, 0.05) is 11.0 Å². The number of halogens is 1. The molecule has 0 aromatic rings. The van der Waals surface area contributed by atoms with Crippen molar-refractivity contribution in [3.63, 3.8) is 0 Å². The van der Waals surface area contributed by atoms with E-state index >= 15 is 0 Å². The maximum Gasteiger partial charge on any atom is 0.0208 e. The first-order valence-electron chi connectivity index (χ1n) is 3.61. The molecule has 0 saturated heterocycles. The van der Waals surface area contributed by atoms with Crippen molar-refractivity contribution in [1.29, 1.82) is 0 Å². The zero-order valence-electron chi connectivity index (χ0n) is 6.95. The molecule has 0 aliphatic rings. The van der Waals surface area contributed by atoms with Crippen LogP contribution in [0.15, 0.2) is 11.6 Å². The summed E-state index contributed by atoms with van der Waals surface area (Å²) in [6, 6.07) is 0. The fourth-order valence-electron chi connectivity index (χ4n) is 0.678. The molecule has 0 heterocycles. The molecule has 0 bridgehead atoms. The van der Waals surface area contributed by atoms with Gasteiger partial charge in [0.15, 0.2) is 0 Å². The second-order valence-corrected chi connectivity index (χ2v) is 3.39. The van der Waals surface area contributed by atoms with E-state index in [0.29, 0.717) is 5.92 Å². The Morgan fingerprint density at radius 3 is 2.50 bits per heavy atom. The van der Waals surface area contributed by atoms with Crippen molar-refractivity contribution in [2.45, 2.75) is 13.8 Å². The van der Waals surface area contributed by atoms with Gasteiger partial charge in [0.05, 0.1) is 0 Å². The summed E-state index contributed by atoms with van der Waals surface area (Å²) in [5.74, 6) is 0.699. The fraction of sp³-hybridized carbons (Fsp3) is 0.750.